The molecule has 1 aromatic carbocycles. The van der Waals surface area contributed by atoms with Crippen molar-refractivity contribution in [3.63, 3.8) is 0 Å². The van der Waals surface area contributed by atoms with Gasteiger partial charge in [-0.3, -0.25) is 0 Å². The van der Waals surface area contributed by atoms with Crippen molar-refractivity contribution < 1.29 is 0 Å². The summed E-state index contributed by atoms with van der Waals surface area (Å²) in [5.41, 5.74) is 7.89. The summed E-state index contributed by atoms with van der Waals surface area (Å²) in [6.45, 7) is 0. The monoisotopic (exact) mass is 286 g/mol. The van der Waals surface area contributed by atoms with Gasteiger partial charge in [0, 0.05) is 23.4 Å². The van der Waals surface area contributed by atoms with E-state index in [1.807, 2.05) is 18.2 Å². The summed E-state index contributed by atoms with van der Waals surface area (Å²) < 4.78 is 2.40. The molecule has 0 radical (unpaired) electrons. The second-order valence-corrected chi connectivity index (χ2v) is 6.69. The molecule has 2 aliphatic rings. The van der Waals surface area contributed by atoms with Gasteiger partial charge >= 0.3 is 0 Å². The van der Waals surface area contributed by atoms with Crippen molar-refractivity contribution in [2.45, 2.75) is 48.6 Å². The average molecular weight is 286 g/mol. The molecule has 1 heterocycles. The minimum absolute atomic E-state index is 0.656. The van der Waals surface area contributed by atoms with Crippen LogP contribution in [0, 0.1) is 0 Å². The van der Waals surface area contributed by atoms with Crippen molar-refractivity contribution in [1.82, 2.24) is 14.8 Å². The lowest BCUT2D eigenvalue weighted by Crippen LogP contribution is -2.02. The van der Waals surface area contributed by atoms with Crippen LogP contribution >= 0.6 is 11.8 Å². The molecule has 4 nitrogen and oxygen atoms in total. The van der Waals surface area contributed by atoms with Crippen LogP contribution in [0.4, 0.5) is 5.69 Å². The summed E-state index contributed by atoms with van der Waals surface area (Å²) in [4.78, 5) is 0. The molecule has 2 fully saturated rings. The summed E-state index contributed by atoms with van der Waals surface area (Å²) in [6, 6.07) is 8.73. The molecule has 0 spiro atoms. The van der Waals surface area contributed by atoms with Crippen molar-refractivity contribution in [2.75, 3.05) is 5.73 Å². The van der Waals surface area contributed by atoms with Crippen LogP contribution in [0.25, 0.3) is 0 Å². The van der Waals surface area contributed by atoms with Crippen LogP contribution < -0.4 is 5.73 Å². The number of aromatic nitrogens is 3. The normalized spacial score (nSPS) is 18.4. The standard InChI is InChI=1S/C15H18N4S/c16-12-3-1-2-10(8-12)9-20-15-18-17-14(11-4-5-11)19(15)13-6-7-13/h1-3,8,11,13H,4-7,9,16H2. The molecule has 2 N–H and O–H groups in total. The highest BCUT2D eigenvalue weighted by Gasteiger charge is 2.36. The fourth-order valence-electron chi connectivity index (χ4n) is 2.51. The van der Waals surface area contributed by atoms with Gasteiger partial charge in [-0.15, -0.1) is 10.2 Å². The molecule has 20 heavy (non-hydrogen) atoms. The Labute approximate surface area is 122 Å². The second kappa shape index (κ2) is 4.81. The molecule has 2 aliphatic carbocycles. The number of nitrogen functional groups attached to an aromatic ring is 1. The van der Waals surface area contributed by atoms with Crippen LogP contribution in [0.3, 0.4) is 0 Å². The first-order valence-electron chi connectivity index (χ1n) is 7.23. The SMILES string of the molecule is Nc1cccc(CSc2nnc(C3CC3)n2C2CC2)c1. The third-order valence-corrected chi connectivity index (χ3v) is 4.88. The van der Waals surface area contributed by atoms with Crippen LogP contribution in [0.1, 0.15) is 49.0 Å². The zero-order valence-corrected chi connectivity index (χ0v) is 12.1. The van der Waals surface area contributed by atoms with Crippen LogP contribution in [0.2, 0.25) is 0 Å². The first-order chi connectivity index (χ1) is 9.81. The minimum Gasteiger partial charge on any atom is -0.399 e. The van der Waals surface area contributed by atoms with E-state index >= 15 is 0 Å². The van der Waals surface area contributed by atoms with Crippen LogP contribution in [0.5, 0.6) is 0 Å². The quantitative estimate of drug-likeness (QED) is 0.676. The molecule has 0 saturated heterocycles. The molecule has 1 aromatic heterocycles. The highest BCUT2D eigenvalue weighted by Crippen LogP contribution is 2.46. The molecular weight excluding hydrogens is 268 g/mol. The molecule has 0 unspecified atom stereocenters. The fraction of sp³-hybridized carbons (Fsp3) is 0.467. The Hall–Kier alpha value is -1.49. The Morgan fingerprint density at radius 2 is 2.05 bits per heavy atom. The van der Waals surface area contributed by atoms with Gasteiger partial charge in [0.25, 0.3) is 0 Å². The highest BCUT2D eigenvalue weighted by atomic mass is 32.2. The first-order valence-corrected chi connectivity index (χ1v) is 8.22. The molecular formula is C15H18N4S. The fourth-order valence-corrected chi connectivity index (χ4v) is 3.47. The van der Waals surface area contributed by atoms with E-state index < -0.39 is 0 Å². The molecule has 2 aromatic rings. The van der Waals surface area contributed by atoms with Crippen molar-refractivity contribution >= 4 is 17.4 Å². The maximum atomic E-state index is 5.83. The summed E-state index contributed by atoms with van der Waals surface area (Å²) in [6.07, 6.45) is 5.13. The third kappa shape index (κ3) is 2.42. The van der Waals surface area contributed by atoms with Gasteiger partial charge in [0.2, 0.25) is 0 Å². The molecule has 4 rings (SSSR count). The largest absolute Gasteiger partial charge is 0.399 e. The number of benzene rings is 1. The van der Waals surface area contributed by atoms with Gasteiger partial charge < -0.3 is 10.3 Å². The maximum Gasteiger partial charge on any atom is 0.191 e. The lowest BCUT2D eigenvalue weighted by molar-refractivity contribution is 0.627. The van der Waals surface area contributed by atoms with E-state index in [1.54, 1.807) is 11.8 Å². The van der Waals surface area contributed by atoms with E-state index in [-0.39, 0.29) is 0 Å². The molecule has 104 valence electrons. The molecule has 0 aliphatic heterocycles. The van der Waals surface area contributed by atoms with Gasteiger partial charge in [0.15, 0.2) is 5.16 Å². The van der Waals surface area contributed by atoms with Gasteiger partial charge in [-0.2, -0.15) is 0 Å². The van der Waals surface area contributed by atoms with Crippen LogP contribution in [0.15, 0.2) is 29.4 Å². The van der Waals surface area contributed by atoms with Gasteiger partial charge in [-0.05, 0) is 43.4 Å². The second-order valence-electron chi connectivity index (χ2n) is 5.75. The number of anilines is 1. The summed E-state index contributed by atoms with van der Waals surface area (Å²) in [5.74, 6) is 2.80. The Bertz CT molecular complexity index is 629. The Morgan fingerprint density at radius 1 is 1.20 bits per heavy atom. The van der Waals surface area contributed by atoms with Crippen molar-refractivity contribution in [3.8, 4) is 0 Å². The highest BCUT2D eigenvalue weighted by molar-refractivity contribution is 7.98. The Morgan fingerprint density at radius 3 is 2.75 bits per heavy atom. The smallest absolute Gasteiger partial charge is 0.191 e. The number of hydrogen-bond donors (Lipinski definition) is 1. The van der Waals surface area contributed by atoms with E-state index in [1.165, 1.54) is 37.1 Å². The predicted octanol–water partition coefficient (Wildman–Crippen LogP) is 3.36. The van der Waals surface area contributed by atoms with E-state index in [9.17, 15) is 0 Å². The zero-order chi connectivity index (χ0) is 13.5. The topological polar surface area (TPSA) is 56.7 Å². The zero-order valence-electron chi connectivity index (χ0n) is 11.3. The van der Waals surface area contributed by atoms with Crippen LogP contribution in [-0.2, 0) is 5.75 Å². The van der Waals surface area contributed by atoms with Crippen molar-refractivity contribution in [3.05, 3.63) is 35.7 Å². The average Bonchev–Trinajstić information content (AvgIpc) is 3.35. The van der Waals surface area contributed by atoms with Crippen LogP contribution in [-0.4, -0.2) is 14.8 Å². The number of hydrogen-bond acceptors (Lipinski definition) is 4. The van der Waals surface area contributed by atoms with Gasteiger partial charge in [-0.1, -0.05) is 23.9 Å². The predicted molar refractivity (Wildman–Crippen MR) is 80.7 cm³/mol. The summed E-state index contributed by atoms with van der Waals surface area (Å²) in [7, 11) is 0. The summed E-state index contributed by atoms with van der Waals surface area (Å²) >= 11 is 1.78. The molecule has 0 atom stereocenters. The van der Waals surface area contributed by atoms with Gasteiger partial charge in [-0.25, -0.2) is 0 Å². The van der Waals surface area contributed by atoms with Gasteiger partial charge in [0.1, 0.15) is 5.82 Å². The lowest BCUT2D eigenvalue weighted by atomic mass is 10.2. The Kier molecular flexibility index (Phi) is 2.95. The van der Waals surface area contributed by atoms with E-state index in [4.69, 9.17) is 5.73 Å². The first kappa shape index (κ1) is 12.3. The van der Waals surface area contributed by atoms with E-state index in [0.29, 0.717) is 12.0 Å². The van der Waals surface area contributed by atoms with Crippen molar-refractivity contribution in [2.24, 2.45) is 0 Å². The Balaban J connectivity index is 1.53. The molecule has 0 amide bonds. The van der Waals surface area contributed by atoms with E-state index in [0.717, 1.165) is 16.6 Å². The number of rotatable bonds is 5. The summed E-state index contributed by atoms with van der Waals surface area (Å²) in [5, 5.41) is 9.94. The number of thioether (sulfide) groups is 1. The molecule has 5 heteroatoms. The van der Waals surface area contributed by atoms with Crippen molar-refractivity contribution in [1.29, 1.82) is 0 Å². The maximum absolute atomic E-state index is 5.83. The molecule has 0 bridgehead atoms. The van der Waals surface area contributed by atoms with Gasteiger partial charge in [0.05, 0.1) is 0 Å². The number of nitrogens with two attached hydrogens (primary N) is 1. The third-order valence-electron chi connectivity index (χ3n) is 3.86. The number of nitrogens with zero attached hydrogens (tertiary/aromatic N) is 3. The molecule has 2 saturated carbocycles. The lowest BCUT2D eigenvalue weighted by Gasteiger charge is -2.08. The van der Waals surface area contributed by atoms with E-state index in [2.05, 4.69) is 20.8 Å². The minimum atomic E-state index is 0.656.